The van der Waals surface area contributed by atoms with Crippen molar-refractivity contribution in [2.45, 2.75) is 12.5 Å². The average Bonchev–Trinajstić information content (AvgIpc) is 2.75. The molecule has 0 radical (unpaired) electrons. The van der Waals surface area contributed by atoms with Crippen LogP contribution in [0.1, 0.15) is 18.1 Å². The van der Waals surface area contributed by atoms with Crippen molar-refractivity contribution in [3.05, 3.63) is 35.4 Å². The minimum atomic E-state index is -0.0458. The molecule has 0 saturated carbocycles. The fourth-order valence-corrected chi connectivity index (χ4v) is 3.44. The average molecular weight is 369 g/mol. The highest BCUT2D eigenvalue weighted by molar-refractivity contribution is 14.1. The number of hydrogen-bond donors (Lipinski definition) is 0. The zero-order chi connectivity index (χ0) is 13.5. The summed E-state index contributed by atoms with van der Waals surface area (Å²) in [4.78, 5) is 9.91. The lowest BCUT2D eigenvalue weighted by atomic mass is 9.93. The Bertz CT molecular complexity index is 506. The standard InChI is InChI=1S/C15H20IN3/c1-15(11-16)13-6-4-3-5-12(13)14(17-15)19-9-7-18(2)8-10-19/h3-6H,7-11H2,1-2H3. The molecule has 3 nitrogen and oxygen atoms in total. The first kappa shape index (κ1) is 13.4. The van der Waals surface area contributed by atoms with E-state index in [1.807, 2.05) is 0 Å². The molecule has 19 heavy (non-hydrogen) atoms. The summed E-state index contributed by atoms with van der Waals surface area (Å²) in [7, 11) is 2.19. The first-order valence-corrected chi connectivity index (χ1v) is 8.36. The summed E-state index contributed by atoms with van der Waals surface area (Å²) in [5.74, 6) is 1.21. The Balaban J connectivity index is 1.96. The summed E-state index contributed by atoms with van der Waals surface area (Å²) >= 11 is 2.45. The van der Waals surface area contributed by atoms with Gasteiger partial charge in [-0.25, -0.2) is 0 Å². The van der Waals surface area contributed by atoms with Gasteiger partial charge in [-0.05, 0) is 19.5 Å². The molecule has 2 aliphatic heterocycles. The van der Waals surface area contributed by atoms with Gasteiger partial charge in [0.25, 0.3) is 0 Å². The number of hydrogen-bond acceptors (Lipinski definition) is 3. The lowest BCUT2D eigenvalue weighted by Crippen LogP contribution is -2.47. The normalized spacial score (nSPS) is 27.3. The van der Waals surface area contributed by atoms with Crippen LogP contribution in [0.15, 0.2) is 29.3 Å². The zero-order valence-electron chi connectivity index (χ0n) is 11.6. The van der Waals surface area contributed by atoms with Crippen molar-refractivity contribution in [1.82, 2.24) is 9.80 Å². The predicted octanol–water partition coefficient (Wildman–Crippen LogP) is 2.34. The third-order valence-corrected chi connectivity index (χ3v) is 5.65. The van der Waals surface area contributed by atoms with Gasteiger partial charge >= 0.3 is 0 Å². The topological polar surface area (TPSA) is 18.8 Å². The zero-order valence-corrected chi connectivity index (χ0v) is 13.7. The largest absolute Gasteiger partial charge is 0.354 e. The van der Waals surface area contributed by atoms with E-state index in [1.165, 1.54) is 17.0 Å². The summed E-state index contributed by atoms with van der Waals surface area (Å²) in [6.07, 6.45) is 0. The van der Waals surface area contributed by atoms with E-state index in [4.69, 9.17) is 4.99 Å². The van der Waals surface area contributed by atoms with Crippen LogP contribution in [0.3, 0.4) is 0 Å². The fraction of sp³-hybridized carbons (Fsp3) is 0.533. The van der Waals surface area contributed by atoms with Crippen LogP contribution >= 0.6 is 22.6 Å². The third-order valence-electron chi connectivity index (χ3n) is 4.16. The molecule has 1 unspecified atom stereocenters. The van der Waals surface area contributed by atoms with Gasteiger partial charge in [-0.15, -0.1) is 0 Å². The monoisotopic (exact) mass is 369 g/mol. The highest BCUT2D eigenvalue weighted by Crippen LogP contribution is 2.37. The summed E-state index contributed by atoms with van der Waals surface area (Å²) in [6.45, 7) is 6.67. The lowest BCUT2D eigenvalue weighted by molar-refractivity contribution is 0.215. The molecule has 1 aromatic rings. The molecule has 0 aromatic heterocycles. The number of nitrogens with zero attached hydrogens (tertiary/aromatic N) is 3. The van der Waals surface area contributed by atoms with Crippen LogP contribution in [0.25, 0.3) is 0 Å². The molecule has 0 N–H and O–H groups in total. The molecule has 1 atom stereocenters. The molecule has 2 aliphatic rings. The molecule has 0 amide bonds. The molecule has 1 saturated heterocycles. The maximum absolute atomic E-state index is 5.07. The van der Waals surface area contributed by atoms with Crippen molar-refractivity contribution in [2.75, 3.05) is 37.7 Å². The van der Waals surface area contributed by atoms with Crippen molar-refractivity contribution < 1.29 is 0 Å². The summed E-state index contributed by atoms with van der Waals surface area (Å²) in [6, 6.07) is 8.72. The number of halogens is 1. The second kappa shape index (κ2) is 5.05. The number of aliphatic imine (C=N–C) groups is 1. The van der Waals surface area contributed by atoms with Gasteiger partial charge in [-0.2, -0.15) is 0 Å². The van der Waals surface area contributed by atoms with Crippen LogP contribution in [-0.2, 0) is 5.54 Å². The van der Waals surface area contributed by atoms with Crippen LogP contribution in [0.2, 0.25) is 0 Å². The number of benzene rings is 1. The Kier molecular flexibility index (Phi) is 3.55. The molecular weight excluding hydrogens is 349 g/mol. The fourth-order valence-electron chi connectivity index (χ4n) is 2.86. The number of alkyl halides is 1. The van der Waals surface area contributed by atoms with E-state index in [1.54, 1.807) is 0 Å². The first-order valence-electron chi connectivity index (χ1n) is 6.83. The molecule has 102 valence electrons. The van der Waals surface area contributed by atoms with E-state index in [9.17, 15) is 0 Å². The number of rotatable bonds is 1. The quantitative estimate of drug-likeness (QED) is 0.559. The molecule has 0 aliphatic carbocycles. The number of piperazine rings is 1. The molecule has 3 rings (SSSR count). The molecule has 1 fully saturated rings. The van der Waals surface area contributed by atoms with Crippen LogP contribution in [-0.4, -0.2) is 53.3 Å². The smallest absolute Gasteiger partial charge is 0.132 e. The van der Waals surface area contributed by atoms with Crippen LogP contribution in [0.4, 0.5) is 0 Å². The van der Waals surface area contributed by atoms with Crippen molar-refractivity contribution in [2.24, 2.45) is 4.99 Å². The van der Waals surface area contributed by atoms with Gasteiger partial charge in [0.2, 0.25) is 0 Å². The SMILES string of the molecule is CN1CCN(C2=NC(C)(CI)c3ccccc32)CC1. The first-order chi connectivity index (χ1) is 9.14. The van der Waals surface area contributed by atoms with E-state index in [-0.39, 0.29) is 5.54 Å². The summed E-state index contributed by atoms with van der Waals surface area (Å²) in [5.41, 5.74) is 2.68. The summed E-state index contributed by atoms with van der Waals surface area (Å²) < 4.78 is 1.03. The minimum Gasteiger partial charge on any atom is -0.354 e. The van der Waals surface area contributed by atoms with Crippen LogP contribution < -0.4 is 0 Å². The molecule has 0 bridgehead atoms. The van der Waals surface area contributed by atoms with Crippen molar-refractivity contribution in [3.8, 4) is 0 Å². The van der Waals surface area contributed by atoms with Gasteiger partial charge in [-0.3, -0.25) is 4.99 Å². The van der Waals surface area contributed by atoms with E-state index >= 15 is 0 Å². The lowest BCUT2D eigenvalue weighted by Gasteiger charge is -2.34. The van der Waals surface area contributed by atoms with E-state index in [2.05, 4.69) is 70.6 Å². The molecular formula is C15H20IN3. The van der Waals surface area contributed by atoms with Crippen molar-refractivity contribution >= 4 is 28.4 Å². The van der Waals surface area contributed by atoms with E-state index in [0.717, 1.165) is 30.6 Å². The number of fused-ring (bicyclic) bond motifs is 1. The molecule has 4 heteroatoms. The van der Waals surface area contributed by atoms with Crippen molar-refractivity contribution in [3.63, 3.8) is 0 Å². The number of amidine groups is 1. The predicted molar refractivity (Wildman–Crippen MR) is 88.3 cm³/mol. The van der Waals surface area contributed by atoms with Crippen LogP contribution in [0, 0.1) is 0 Å². The van der Waals surface area contributed by atoms with Gasteiger partial charge in [0, 0.05) is 36.2 Å². The Morgan fingerprint density at radius 2 is 1.89 bits per heavy atom. The van der Waals surface area contributed by atoms with Gasteiger partial charge < -0.3 is 9.80 Å². The molecule has 1 aromatic carbocycles. The van der Waals surface area contributed by atoms with Crippen molar-refractivity contribution in [1.29, 1.82) is 0 Å². The highest BCUT2D eigenvalue weighted by Gasteiger charge is 2.36. The van der Waals surface area contributed by atoms with Gasteiger partial charge in [0.1, 0.15) is 5.84 Å². The van der Waals surface area contributed by atoms with Gasteiger partial charge in [-0.1, -0.05) is 46.9 Å². The second-order valence-corrected chi connectivity index (χ2v) is 6.44. The maximum atomic E-state index is 5.07. The third kappa shape index (κ3) is 2.29. The Labute approximate surface area is 128 Å². The van der Waals surface area contributed by atoms with E-state index < -0.39 is 0 Å². The minimum absolute atomic E-state index is 0.0458. The van der Waals surface area contributed by atoms with Gasteiger partial charge in [0.05, 0.1) is 5.54 Å². The maximum Gasteiger partial charge on any atom is 0.132 e. The summed E-state index contributed by atoms with van der Waals surface area (Å²) in [5, 5.41) is 0. The Hall–Kier alpha value is -0.620. The molecule has 2 heterocycles. The van der Waals surface area contributed by atoms with Gasteiger partial charge in [0.15, 0.2) is 0 Å². The Morgan fingerprint density at radius 3 is 2.58 bits per heavy atom. The van der Waals surface area contributed by atoms with Crippen LogP contribution in [0.5, 0.6) is 0 Å². The molecule has 0 spiro atoms. The second-order valence-electron chi connectivity index (χ2n) is 5.68. The Morgan fingerprint density at radius 1 is 1.21 bits per heavy atom. The highest BCUT2D eigenvalue weighted by atomic mass is 127. The number of likely N-dealkylation sites (N-methyl/N-ethyl adjacent to an activating group) is 1. The van der Waals surface area contributed by atoms with E-state index in [0.29, 0.717) is 0 Å².